The number of nitrogens with one attached hydrogen (secondary N) is 1. The molecule has 0 bridgehead atoms. The summed E-state index contributed by atoms with van der Waals surface area (Å²) < 4.78 is 0. The number of aryl methyl sites for hydroxylation is 1. The van der Waals surface area contributed by atoms with Crippen molar-refractivity contribution in [3.05, 3.63) is 33.7 Å². The van der Waals surface area contributed by atoms with Gasteiger partial charge in [0.05, 0.1) is 0 Å². The lowest BCUT2D eigenvalue weighted by atomic mass is 10.1. The van der Waals surface area contributed by atoms with Gasteiger partial charge in [0, 0.05) is 23.7 Å². The van der Waals surface area contributed by atoms with Gasteiger partial charge in [0.15, 0.2) is 5.78 Å². The molecule has 1 heterocycles. The average Bonchev–Trinajstić information content (AvgIpc) is 2.04. The van der Waals surface area contributed by atoms with Crippen LogP contribution in [0, 0.1) is 6.92 Å². The van der Waals surface area contributed by atoms with E-state index in [2.05, 4.69) is 4.98 Å². The van der Waals surface area contributed by atoms with Crippen molar-refractivity contribution in [2.75, 3.05) is 0 Å². The van der Waals surface area contributed by atoms with E-state index in [0.717, 1.165) is 6.42 Å². The summed E-state index contributed by atoms with van der Waals surface area (Å²) in [4.78, 5) is 24.9. The van der Waals surface area contributed by atoms with E-state index in [9.17, 15) is 9.59 Å². The summed E-state index contributed by atoms with van der Waals surface area (Å²) in [6.07, 6.45) is 1.37. The van der Waals surface area contributed by atoms with Gasteiger partial charge in [0.2, 0.25) is 5.56 Å². The van der Waals surface area contributed by atoms with E-state index in [0.29, 0.717) is 17.7 Å². The Balaban J connectivity index is 3.02. The Morgan fingerprint density at radius 2 is 2.15 bits per heavy atom. The molecule has 3 nitrogen and oxygen atoms in total. The van der Waals surface area contributed by atoms with Crippen LogP contribution in [0.1, 0.15) is 35.8 Å². The van der Waals surface area contributed by atoms with Crippen LogP contribution in [0.2, 0.25) is 0 Å². The summed E-state index contributed by atoms with van der Waals surface area (Å²) in [7, 11) is 0. The molecule has 0 amide bonds. The normalized spacial score (nSPS) is 10.0. The lowest BCUT2D eigenvalue weighted by molar-refractivity contribution is 0.0980. The highest BCUT2D eigenvalue weighted by atomic mass is 16.1. The summed E-state index contributed by atoms with van der Waals surface area (Å²) >= 11 is 0. The van der Waals surface area contributed by atoms with Gasteiger partial charge < -0.3 is 4.98 Å². The number of ketones is 1. The zero-order chi connectivity index (χ0) is 9.84. The van der Waals surface area contributed by atoms with Gasteiger partial charge in [-0.25, -0.2) is 0 Å². The van der Waals surface area contributed by atoms with Crippen LogP contribution in [0.25, 0.3) is 0 Å². The fraction of sp³-hybridized carbons (Fsp3) is 0.400. The molecule has 0 unspecified atom stereocenters. The molecule has 1 N–H and O–H groups in total. The van der Waals surface area contributed by atoms with Crippen LogP contribution in [0.5, 0.6) is 0 Å². The van der Waals surface area contributed by atoms with E-state index in [-0.39, 0.29) is 11.3 Å². The van der Waals surface area contributed by atoms with Crippen LogP contribution < -0.4 is 5.56 Å². The van der Waals surface area contributed by atoms with Gasteiger partial charge >= 0.3 is 0 Å². The molecule has 1 aromatic heterocycles. The van der Waals surface area contributed by atoms with Gasteiger partial charge in [0.25, 0.3) is 0 Å². The number of carbonyl (C=O) groups excluding carboxylic acids is 1. The van der Waals surface area contributed by atoms with Gasteiger partial charge in [-0.3, -0.25) is 9.59 Å². The highest BCUT2D eigenvalue weighted by Gasteiger charge is 2.07. The van der Waals surface area contributed by atoms with E-state index < -0.39 is 0 Å². The van der Waals surface area contributed by atoms with Crippen molar-refractivity contribution in [2.24, 2.45) is 0 Å². The van der Waals surface area contributed by atoms with E-state index in [1.807, 2.05) is 6.92 Å². The number of rotatable bonds is 3. The number of hydrogen-bond donors (Lipinski definition) is 1. The van der Waals surface area contributed by atoms with Crippen molar-refractivity contribution in [1.82, 2.24) is 4.98 Å². The Morgan fingerprint density at radius 1 is 1.46 bits per heavy atom. The third kappa shape index (κ3) is 2.28. The second kappa shape index (κ2) is 4.03. The van der Waals surface area contributed by atoms with Gasteiger partial charge in [-0.05, 0) is 19.4 Å². The zero-order valence-electron chi connectivity index (χ0n) is 7.89. The lowest BCUT2D eigenvalue weighted by Crippen LogP contribution is -2.11. The maximum absolute atomic E-state index is 11.5. The minimum atomic E-state index is -0.162. The van der Waals surface area contributed by atoms with Crippen LogP contribution in [0.3, 0.4) is 0 Å². The van der Waals surface area contributed by atoms with E-state index in [4.69, 9.17) is 0 Å². The monoisotopic (exact) mass is 179 g/mol. The van der Waals surface area contributed by atoms with Crippen molar-refractivity contribution in [3.63, 3.8) is 0 Å². The largest absolute Gasteiger partial charge is 0.326 e. The molecule has 3 heteroatoms. The minimum Gasteiger partial charge on any atom is -0.326 e. The second-order valence-corrected chi connectivity index (χ2v) is 3.03. The molecule has 0 aromatic carbocycles. The molecule has 1 rings (SSSR count). The number of aromatic nitrogens is 1. The van der Waals surface area contributed by atoms with Crippen LogP contribution in [0.4, 0.5) is 0 Å². The quantitative estimate of drug-likeness (QED) is 0.717. The minimum absolute atomic E-state index is 0.0938. The van der Waals surface area contributed by atoms with Gasteiger partial charge in [-0.15, -0.1) is 0 Å². The summed E-state index contributed by atoms with van der Waals surface area (Å²) in [5.74, 6) is 0.0938. The summed E-state index contributed by atoms with van der Waals surface area (Å²) in [5.41, 5.74) is 1.12. The first-order valence-electron chi connectivity index (χ1n) is 4.38. The van der Waals surface area contributed by atoms with Crippen molar-refractivity contribution in [3.8, 4) is 0 Å². The van der Waals surface area contributed by atoms with E-state index >= 15 is 0 Å². The molecule has 0 fully saturated rings. The molecule has 0 saturated heterocycles. The van der Waals surface area contributed by atoms with Gasteiger partial charge in [-0.1, -0.05) is 6.92 Å². The number of carbonyl (C=O) groups is 1. The first kappa shape index (κ1) is 9.71. The average molecular weight is 179 g/mol. The van der Waals surface area contributed by atoms with Crippen molar-refractivity contribution < 1.29 is 4.79 Å². The predicted molar refractivity (Wildman–Crippen MR) is 51.0 cm³/mol. The maximum atomic E-state index is 11.5. The number of hydrogen-bond acceptors (Lipinski definition) is 2. The predicted octanol–water partition coefficient (Wildman–Crippen LogP) is 1.67. The van der Waals surface area contributed by atoms with E-state index in [1.54, 1.807) is 13.0 Å². The number of pyridine rings is 1. The molecule has 13 heavy (non-hydrogen) atoms. The summed E-state index contributed by atoms with van der Waals surface area (Å²) in [5, 5.41) is 0. The summed E-state index contributed by atoms with van der Waals surface area (Å²) in [6.45, 7) is 3.70. The standard InChI is InChI=1S/C10H13NO2/c1-3-4-9(12)8-5-6-10(13)11-7(8)2/h5-6H,3-4H2,1-2H3,(H,11,13). The van der Waals surface area contributed by atoms with Crippen molar-refractivity contribution >= 4 is 5.78 Å². The van der Waals surface area contributed by atoms with Gasteiger partial charge in [0.1, 0.15) is 0 Å². The Bertz CT molecular complexity index is 365. The smallest absolute Gasteiger partial charge is 0.248 e. The highest BCUT2D eigenvalue weighted by Crippen LogP contribution is 2.06. The van der Waals surface area contributed by atoms with Crippen LogP contribution in [0.15, 0.2) is 16.9 Å². The van der Waals surface area contributed by atoms with Crippen LogP contribution in [-0.2, 0) is 0 Å². The molecule has 0 saturated carbocycles. The maximum Gasteiger partial charge on any atom is 0.248 e. The molecule has 0 spiro atoms. The molecular formula is C10H13NO2. The van der Waals surface area contributed by atoms with E-state index in [1.165, 1.54) is 6.07 Å². The fourth-order valence-electron chi connectivity index (χ4n) is 1.24. The molecule has 1 aromatic rings. The molecule has 70 valence electrons. The van der Waals surface area contributed by atoms with Crippen LogP contribution >= 0.6 is 0 Å². The SMILES string of the molecule is CCCC(=O)c1ccc(=O)[nH]c1C. The number of aromatic amines is 1. The fourth-order valence-corrected chi connectivity index (χ4v) is 1.24. The molecular weight excluding hydrogens is 166 g/mol. The van der Waals surface area contributed by atoms with Crippen molar-refractivity contribution in [1.29, 1.82) is 0 Å². The third-order valence-electron chi connectivity index (χ3n) is 1.89. The molecule has 0 atom stereocenters. The molecule has 0 radical (unpaired) electrons. The molecule has 0 aliphatic heterocycles. The number of H-pyrrole nitrogens is 1. The Hall–Kier alpha value is -1.38. The van der Waals surface area contributed by atoms with Gasteiger partial charge in [-0.2, -0.15) is 0 Å². The highest BCUT2D eigenvalue weighted by molar-refractivity contribution is 5.96. The Kier molecular flexibility index (Phi) is 3.01. The Morgan fingerprint density at radius 3 is 2.69 bits per heavy atom. The third-order valence-corrected chi connectivity index (χ3v) is 1.89. The topological polar surface area (TPSA) is 49.9 Å². The Labute approximate surface area is 76.8 Å². The molecule has 0 aliphatic carbocycles. The second-order valence-electron chi connectivity index (χ2n) is 3.03. The lowest BCUT2D eigenvalue weighted by Gasteiger charge is -2.01. The van der Waals surface area contributed by atoms with Crippen LogP contribution in [-0.4, -0.2) is 10.8 Å². The first-order valence-corrected chi connectivity index (χ1v) is 4.38. The van der Waals surface area contributed by atoms with Crippen molar-refractivity contribution in [2.45, 2.75) is 26.7 Å². The molecule has 0 aliphatic rings. The first-order chi connectivity index (χ1) is 6.15. The zero-order valence-corrected chi connectivity index (χ0v) is 7.89. The number of Topliss-reactive ketones (excluding diaryl/α,β-unsaturated/α-hetero) is 1. The summed E-state index contributed by atoms with van der Waals surface area (Å²) in [6, 6.07) is 2.97.